The van der Waals surface area contributed by atoms with Crippen LogP contribution in [0.15, 0.2) is 0 Å². The van der Waals surface area contributed by atoms with Gasteiger partial charge in [0.05, 0.1) is 19.3 Å². The molecule has 2 saturated heterocycles. The van der Waals surface area contributed by atoms with Crippen LogP contribution in [0.5, 0.6) is 0 Å². The Bertz CT molecular complexity index is 196. The molecule has 2 aliphatic heterocycles. The third kappa shape index (κ3) is 1.23. The minimum atomic E-state index is -0.821. The second-order valence-electron chi connectivity index (χ2n) is 2.60. The number of hydrogen-bond acceptors (Lipinski definition) is 5. The zero-order valence-electron chi connectivity index (χ0n) is 6.13. The molecule has 6 heteroatoms. The van der Waals surface area contributed by atoms with Gasteiger partial charge in [0.25, 0.3) is 5.09 Å². The van der Waals surface area contributed by atoms with E-state index in [-0.39, 0.29) is 18.8 Å². The van der Waals surface area contributed by atoms with Crippen LogP contribution in [0.3, 0.4) is 0 Å². The van der Waals surface area contributed by atoms with Gasteiger partial charge in [-0.15, -0.1) is 10.1 Å². The van der Waals surface area contributed by atoms with Crippen molar-refractivity contribution >= 4 is 0 Å². The molecule has 3 atom stereocenters. The van der Waals surface area contributed by atoms with Crippen LogP contribution >= 0.6 is 0 Å². The average molecular weight is 173 g/mol. The molecular formula is C6H7NO5. The fourth-order valence-corrected chi connectivity index (χ4v) is 1.38. The number of hydrogen-bond donors (Lipinski definition) is 0. The third-order valence-electron chi connectivity index (χ3n) is 1.89. The van der Waals surface area contributed by atoms with E-state index in [0.29, 0.717) is 6.61 Å². The summed E-state index contributed by atoms with van der Waals surface area (Å²) < 4.78 is 10.2. The maximum atomic E-state index is 10.00. The Morgan fingerprint density at radius 2 is 2.42 bits per heavy atom. The summed E-state index contributed by atoms with van der Waals surface area (Å²) in [4.78, 5) is 14.4. The van der Waals surface area contributed by atoms with Crippen LogP contribution < -0.4 is 0 Å². The van der Waals surface area contributed by atoms with Crippen LogP contribution in [-0.4, -0.2) is 36.6 Å². The molecule has 0 spiro atoms. The van der Waals surface area contributed by atoms with E-state index in [2.05, 4.69) is 11.3 Å². The first-order valence-corrected chi connectivity index (χ1v) is 3.55. The van der Waals surface area contributed by atoms with Crippen LogP contribution in [0.1, 0.15) is 0 Å². The topological polar surface area (TPSA) is 70.8 Å². The van der Waals surface area contributed by atoms with Crippen LogP contribution in [0.4, 0.5) is 0 Å². The fraction of sp³-hybridized carbons (Fsp3) is 0.833. The molecule has 0 aliphatic carbocycles. The van der Waals surface area contributed by atoms with Crippen molar-refractivity contribution in [2.75, 3.05) is 13.2 Å². The molecule has 2 radical (unpaired) electrons. The minimum Gasteiger partial charge on any atom is -0.372 e. The third-order valence-corrected chi connectivity index (χ3v) is 1.89. The zero-order valence-corrected chi connectivity index (χ0v) is 6.13. The second-order valence-corrected chi connectivity index (χ2v) is 2.60. The van der Waals surface area contributed by atoms with E-state index in [1.54, 1.807) is 0 Å². The molecule has 0 bridgehead atoms. The van der Waals surface area contributed by atoms with E-state index in [1.807, 2.05) is 0 Å². The van der Waals surface area contributed by atoms with Crippen molar-refractivity contribution in [3.8, 4) is 0 Å². The largest absolute Gasteiger partial charge is 0.372 e. The summed E-state index contributed by atoms with van der Waals surface area (Å²) in [6.07, 6.45) is 1.67. The van der Waals surface area contributed by atoms with Crippen LogP contribution in [0, 0.1) is 16.5 Å². The number of nitrogens with zero attached hydrogens (tertiary/aromatic N) is 1. The minimum absolute atomic E-state index is 0.198. The van der Waals surface area contributed by atoms with E-state index in [4.69, 9.17) is 9.47 Å². The Labute approximate surface area is 68.5 Å². The summed E-state index contributed by atoms with van der Waals surface area (Å²) in [6.45, 7) is 0.552. The summed E-state index contributed by atoms with van der Waals surface area (Å²) in [5, 5.41) is 9.17. The lowest BCUT2D eigenvalue weighted by Gasteiger charge is -2.12. The zero-order chi connectivity index (χ0) is 8.55. The van der Waals surface area contributed by atoms with Gasteiger partial charge in [0.15, 0.2) is 6.10 Å². The highest BCUT2D eigenvalue weighted by molar-refractivity contribution is 4.98. The molecule has 2 fully saturated rings. The first-order chi connectivity index (χ1) is 5.77. The van der Waals surface area contributed by atoms with Crippen molar-refractivity contribution in [3.63, 3.8) is 0 Å². The Morgan fingerprint density at radius 1 is 1.58 bits per heavy atom. The van der Waals surface area contributed by atoms with Gasteiger partial charge in [-0.1, -0.05) is 0 Å². The van der Waals surface area contributed by atoms with Crippen LogP contribution in [0.2, 0.25) is 0 Å². The number of ether oxygens (including phenoxy) is 2. The van der Waals surface area contributed by atoms with Gasteiger partial charge in [-0.2, -0.15) is 0 Å². The molecule has 0 aromatic carbocycles. The van der Waals surface area contributed by atoms with Crippen LogP contribution in [0.25, 0.3) is 0 Å². The summed E-state index contributed by atoms with van der Waals surface area (Å²) >= 11 is 0. The molecule has 6 nitrogen and oxygen atoms in total. The molecule has 2 aliphatic rings. The van der Waals surface area contributed by atoms with Crippen molar-refractivity contribution in [1.82, 2.24) is 0 Å². The summed E-state index contributed by atoms with van der Waals surface area (Å²) in [7, 11) is 0. The lowest BCUT2D eigenvalue weighted by atomic mass is 10.1. The predicted octanol–water partition coefficient (Wildman–Crippen LogP) is -0.558. The van der Waals surface area contributed by atoms with Gasteiger partial charge < -0.3 is 14.3 Å². The van der Waals surface area contributed by atoms with Gasteiger partial charge in [-0.25, -0.2) is 0 Å². The highest BCUT2D eigenvalue weighted by Crippen LogP contribution is 2.27. The number of fused-ring (bicyclic) bond motifs is 1. The molecule has 66 valence electrons. The Kier molecular flexibility index (Phi) is 1.86. The lowest BCUT2D eigenvalue weighted by Crippen LogP contribution is -2.31. The Morgan fingerprint density at radius 3 is 3.17 bits per heavy atom. The Hall–Kier alpha value is -0.880. The van der Waals surface area contributed by atoms with Crippen molar-refractivity contribution < 1.29 is 19.4 Å². The quantitative estimate of drug-likeness (QED) is 0.413. The smallest absolute Gasteiger partial charge is 0.294 e. The SMILES string of the molecule is O=[N+]([O-])O[C@@H]1CO[C@@H]2[C]CO[C@@H]21. The van der Waals surface area contributed by atoms with Crippen molar-refractivity contribution in [3.05, 3.63) is 16.5 Å². The molecule has 0 aromatic rings. The molecule has 2 heterocycles. The monoisotopic (exact) mass is 173 g/mol. The summed E-state index contributed by atoms with van der Waals surface area (Å²) in [5.41, 5.74) is 0. The van der Waals surface area contributed by atoms with E-state index in [0.717, 1.165) is 0 Å². The Balaban J connectivity index is 1.95. The highest BCUT2D eigenvalue weighted by atomic mass is 17.0. The summed E-state index contributed by atoms with van der Waals surface area (Å²) in [6, 6.07) is 0. The number of rotatable bonds is 2. The molecular weight excluding hydrogens is 166 g/mol. The normalized spacial score (nSPS) is 39.5. The molecule has 0 amide bonds. The fourth-order valence-electron chi connectivity index (χ4n) is 1.38. The summed E-state index contributed by atoms with van der Waals surface area (Å²) in [5.74, 6) is 0. The van der Waals surface area contributed by atoms with E-state index in [9.17, 15) is 10.1 Å². The molecule has 0 N–H and O–H groups in total. The van der Waals surface area contributed by atoms with Gasteiger partial charge in [0.1, 0.15) is 6.10 Å². The van der Waals surface area contributed by atoms with Gasteiger partial charge >= 0.3 is 0 Å². The van der Waals surface area contributed by atoms with Gasteiger partial charge in [0, 0.05) is 6.42 Å². The van der Waals surface area contributed by atoms with Crippen molar-refractivity contribution in [2.24, 2.45) is 0 Å². The maximum absolute atomic E-state index is 10.00. The van der Waals surface area contributed by atoms with Crippen molar-refractivity contribution in [2.45, 2.75) is 18.3 Å². The van der Waals surface area contributed by atoms with Gasteiger partial charge in [-0.05, 0) is 0 Å². The first kappa shape index (κ1) is 7.75. The van der Waals surface area contributed by atoms with E-state index >= 15 is 0 Å². The van der Waals surface area contributed by atoms with Crippen molar-refractivity contribution in [1.29, 1.82) is 0 Å². The molecule has 12 heavy (non-hydrogen) atoms. The van der Waals surface area contributed by atoms with Crippen LogP contribution in [-0.2, 0) is 14.3 Å². The predicted molar refractivity (Wildman–Crippen MR) is 34.6 cm³/mol. The molecule has 0 aromatic heterocycles. The standard InChI is InChI=1S/C6H7NO5/c8-7(9)12-5-3-11-4-1-2-10-6(4)5/h4-6H,2-3H2/t4-,5-,6+/m1/s1. The highest BCUT2D eigenvalue weighted by Gasteiger charge is 2.44. The average Bonchev–Trinajstić information content (AvgIpc) is 2.52. The maximum Gasteiger partial charge on any atom is 0.294 e. The second kappa shape index (κ2) is 2.87. The van der Waals surface area contributed by atoms with E-state index in [1.165, 1.54) is 0 Å². The molecule has 2 rings (SSSR count). The molecule has 0 unspecified atom stereocenters. The lowest BCUT2D eigenvalue weighted by molar-refractivity contribution is -0.769. The molecule has 0 saturated carbocycles. The van der Waals surface area contributed by atoms with Gasteiger partial charge in [-0.3, -0.25) is 0 Å². The van der Waals surface area contributed by atoms with Gasteiger partial charge in [0.2, 0.25) is 0 Å². The first-order valence-electron chi connectivity index (χ1n) is 3.55. The van der Waals surface area contributed by atoms with E-state index < -0.39 is 11.2 Å².